The summed E-state index contributed by atoms with van der Waals surface area (Å²) in [5.74, 6) is 5.95. The maximum Gasteiger partial charge on any atom is 0.120 e. The lowest BCUT2D eigenvalue weighted by Crippen LogP contribution is -2.14. The summed E-state index contributed by atoms with van der Waals surface area (Å²) in [6.07, 6.45) is 1.99. The monoisotopic (exact) mass is 216 g/mol. The minimum atomic E-state index is -0.923. The van der Waals surface area contributed by atoms with Gasteiger partial charge < -0.3 is 5.11 Å². The van der Waals surface area contributed by atoms with E-state index in [1.54, 1.807) is 13.8 Å². The van der Waals surface area contributed by atoms with E-state index in [4.69, 9.17) is 0 Å². The van der Waals surface area contributed by atoms with E-state index in [1.165, 1.54) is 11.1 Å². The molecule has 0 saturated heterocycles. The van der Waals surface area contributed by atoms with Gasteiger partial charge in [0.15, 0.2) is 0 Å². The van der Waals surface area contributed by atoms with Crippen molar-refractivity contribution in [2.45, 2.75) is 46.1 Å². The van der Waals surface area contributed by atoms with Gasteiger partial charge in [0.1, 0.15) is 5.60 Å². The van der Waals surface area contributed by atoms with Crippen LogP contribution >= 0.6 is 0 Å². The molecule has 0 spiro atoms. The van der Waals surface area contributed by atoms with Crippen molar-refractivity contribution in [3.8, 4) is 11.8 Å². The third kappa shape index (κ3) is 3.72. The maximum absolute atomic E-state index is 9.60. The number of rotatable bonds is 2. The van der Waals surface area contributed by atoms with Crippen LogP contribution in [0.2, 0.25) is 0 Å². The summed E-state index contributed by atoms with van der Waals surface area (Å²) in [6, 6.07) is 6.40. The topological polar surface area (TPSA) is 20.2 Å². The van der Waals surface area contributed by atoms with E-state index in [2.05, 4.69) is 43.9 Å². The highest BCUT2D eigenvalue weighted by Gasteiger charge is 2.06. The van der Waals surface area contributed by atoms with Gasteiger partial charge in [0.05, 0.1) is 0 Å². The van der Waals surface area contributed by atoms with Crippen LogP contribution in [0, 0.1) is 11.8 Å². The Labute approximate surface area is 98.5 Å². The molecular weight excluding hydrogens is 196 g/mol. The molecule has 0 aliphatic rings. The fourth-order valence-electron chi connectivity index (χ4n) is 1.49. The Morgan fingerprint density at radius 2 is 1.88 bits per heavy atom. The van der Waals surface area contributed by atoms with Crippen LogP contribution in [0.3, 0.4) is 0 Å². The normalized spacial score (nSPS) is 10.8. The van der Waals surface area contributed by atoms with Crippen molar-refractivity contribution in [1.82, 2.24) is 0 Å². The molecule has 1 aromatic rings. The molecule has 0 atom stereocenters. The van der Waals surface area contributed by atoms with E-state index in [0.29, 0.717) is 0 Å². The molecule has 0 bridgehead atoms. The minimum absolute atomic E-state index is 0.923. The summed E-state index contributed by atoms with van der Waals surface area (Å²) in [5.41, 5.74) is 2.66. The largest absolute Gasteiger partial charge is 0.378 e. The highest BCUT2D eigenvalue weighted by molar-refractivity contribution is 5.44. The Kier molecular flexibility index (Phi) is 4.15. The predicted molar refractivity (Wildman–Crippen MR) is 68.4 cm³/mol. The van der Waals surface area contributed by atoms with Crippen LogP contribution in [0.4, 0.5) is 0 Å². The second-order valence-corrected chi connectivity index (χ2v) is 4.51. The molecule has 1 nitrogen and oxygen atoms in total. The van der Waals surface area contributed by atoms with Gasteiger partial charge in [0, 0.05) is 5.56 Å². The molecule has 86 valence electrons. The lowest BCUT2D eigenvalue weighted by molar-refractivity contribution is 0.143. The molecule has 16 heavy (non-hydrogen) atoms. The number of hydrogen-bond donors (Lipinski definition) is 1. The van der Waals surface area contributed by atoms with Crippen molar-refractivity contribution < 1.29 is 5.11 Å². The Hall–Kier alpha value is -1.26. The van der Waals surface area contributed by atoms with E-state index >= 15 is 0 Å². The van der Waals surface area contributed by atoms with Crippen molar-refractivity contribution in [3.05, 3.63) is 34.9 Å². The van der Waals surface area contributed by atoms with Crippen molar-refractivity contribution in [2.24, 2.45) is 0 Å². The van der Waals surface area contributed by atoms with E-state index in [0.717, 1.165) is 18.4 Å². The SMILES string of the molecule is CCc1ccc(CC)c(C#CC(C)(C)O)c1. The van der Waals surface area contributed by atoms with Crippen LogP contribution in [0.15, 0.2) is 18.2 Å². The number of benzene rings is 1. The van der Waals surface area contributed by atoms with Gasteiger partial charge in [-0.05, 0) is 43.9 Å². The zero-order chi connectivity index (χ0) is 12.2. The van der Waals surface area contributed by atoms with Gasteiger partial charge in [0.25, 0.3) is 0 Å². The van der Waals surface area contributed by atoms with Gasteiger partial charge in [-0.2, -0.15) is 0 Å². The van der Waals surface area contributed by atoms with E-state index in [9.17, 15) is 5.11 Å². The van der Waals surface area contributed by atoms with E-state index in [1.807, 2.05) is 0 Å². The second-order valence-electron chi connectivity index (χ2n) is 4.51. The molecular formula is C15H20O. The highest BCUT2D eigenvalue weighted by Crippen LogP contribution is 2.13. The lowest BCUT2D eigenvalue weighted by Gasteiger charge is -2.08. The predicted octanol–water partition coefficient (Wildman–Crippen LogP) is 2.93. The molecule has 0 aromatic heterocycles. The molecule has 1 rings (SSSR count). The first-order valence-electron chi connectivity index (χ1n) is 5.83. The quantitative estimate of drug-likeness (QED) is 0.754. The average molecular weight is 216 g/mol. The van der Waals surface area contributed by atoms with Crippen molar-refractivity contribution in [3.63, 3.8) is 0 Å². The molecule has 1 heteroatoms. The average Bonchev–Trinajstić information content (AvgIpc) is 2.25. The van der Waals surface area contributed by atoms with Crippen molar-refractivity contribution in [1.29, 1.82) is 0 Å². The third-order valence-electron chi connectivity index (χ3n) is 2.47. The van der Waals surface area contributed by atoms with Gasteiger partial charge in [-0.25, -0.2) is 0 Å². The Morgan fingerprint density at radius 3 is 2.38 bits per heavy atom. The summed E-state index contributed by atoms with van der Waals surface area (Å²) in [4.78, 5) is 0. The van der Waals surface area contributed by atoms with Crippen LogP contribution in [0.25, 0.3) is 0 Å². The van der Waals surface area contributed by atoms with Crippen molar-refractivity contribution >= 4 is 0 Å². The molecule has 0 heterocycles. The highest BCUT2D eigenvalue weighted by atomic mass is 16.3. The van der Waals surface area contributed by atoms with Crippen LogP contribution in [-0.4, -0.2) is 10.7 Å². The Morgan fingerprint density at radius 1 is 1.19 bits per heavy atom. The molecule has 0 aliphatic carbocycles. The van der Waals surface area contributed by atoms with Crippen molar-refractivity contribution in [2.75, 3.05) is 0 Å². The Balaban J connectivity index is 3.13. The molecule has 0 fully saturated rings. The maximum atomic E-state index is 9.60. The number of aliphatic hydroxyl groups is 1. The number of aryl methyl sites for hydroxylation is 2. The van der Waals surface area contributed by atoms with Crippen LogP contribution < -0.4 is 0 Å². The summed E-state index contributed by atoms with van der Waals surface area (Å²) in [5, 5.41) is 9.60. The van der Waals surface area contributed by atoms with Crippen LogP contribution in [-0.2, 0) is 12.8 Å². The second kappa shape index (κ2) is 5.18. The first-order chi connectivity index (χ1) is 7.46. The lowest BCUT2D eigenvalue weighted by atomic mass is 10.00. The van der Waals surface area contributed by atoms with Gasteiger partial charge in [0.2, 0.25) is 0 Å². The van der Waals surface area contributed by atoms with Gasteiger partial charge in [-0.15, -0.1) is 0 Å². The molecule has 0 amide bonds. The van der Waals surface area contributed by atoms with Crippen LogP contribution in [0.1, 0.15) is 44.4 Å². The fourth-order valence-corrected chi connectivity index (χ4v) is 1.49. The van der Waals surface area contributed by atoms with E-state index in [-0.39, 0.29) is 0 Å². The summed E-state index contributed by atoms with van der Waals surface area (Å²) in [7, 11) is 0. The molecule has 0 aliphatic heterocycles. The van der Waals surface area contributed by atoms with Gasteiger partial charge in [-0.1, -0.05) is 37.8 Å². The minimum Gasteiger partial charge on any atom is -0.378 e. The standard InChI is InChI=1S/C15H20O/c1-5-12-7-8-13(6-2)14(11-12)9-10-15(3,4)16/h7-8,11,16H,5-6H2,1-4H3. The fraction of sp³-hybridized carbons (Fsp3) is 0.467. The zero-order valence-corrected chi connectivity index (χ0v) is 10.6. The molecule has 0 saturated carbocycles. The zero-order valence-electron chi connectivity index (χ0n) is 10.6. The molecule has 0 radical (unpaired) electrons. The third-order valence-corrected chi connectivity index (χ3v) is 2.47. The van der Waals surface area contributed by atoms with E-state index < -0.39 is 5.60 Å². The molecule has 1 N–H and O–H groups in total. The summed E-state index contributed by atoms with van der Waals surface area (Å²) in [6.45, 7) is 7.66. The molecule has 0 unspecified atom stereocenters. The summed E-state index contributed by atoms with van der Waals surface area (Å²) < 4.78 is 0. The smallest absolute Gasteiger partial charge is 0.120 e. The first kappa shape index (κ1) is 12.8. The van der Waals surface area contributed by atoms with Gasteiger partial charge in [-0.3, -0.25) is 0 Å². The van der Waals surface area contributed by atoms with Crippen LogP contribution in [0.5, 0.6) is 0 Å². The molecule has 1 aromatic carbocycles. The number of hydrogen-bond acceptors (Lipinski definition) is 1. The summed E-state index contributed by atoms with van der Waals surface area (Å²) >= 11 is 0. The Bertz CT molecular complexity index is 413. The van der Waals surface area contributed by atoms with Gasteiger partial charge >= 0.3 is 0 Å². The first-order valence-corrected chi connectivity index (χ1v) is 5.83.